The highest BCUT2D eigenvalue weighted by Crippen LogP contribution is 2.27. The number of carbonyl (C=O) groups is 2. The van der Waals surface area contributed by atoms with E-state index in [0.29, 0.717) is 0 Å². The molecule has 0 aromatic heterocycles. The Hall–Kier alpha value is -0.840. The van der Waals surface area contributed by atoms with Gasteiger partial charge < -0.3 is 4.84 Å². The van der Waals surface area contributed by atoms with Crippen molar-refractivity contribution in [1.82, 2.24) is 0 Å². The van der Waals surface area contributed by atoms with Crippen LogP contribution in [0.3, 0.4) is 0 Å². The Bertz CT molecular complexity index is 290. The minimum Gasteiger partial charge on any atom is -0.307 e. The Morgan fingerprint density at radius 1 is 1.20 bits per heavy atom. The summed E-state index contributed by atoms with van der Waals surface area (Å²) in [4.78, 5) is 26.5. The third-order valence-corrected chi connectivity index (χ3v) is 1.85. The number of ketones is 1. The minimum atomic E-state index is -0.801. The summed E-state index contributed by atoms with van der Waals surface area (Å²) >= 11 is 3.38. The molecule has 0 spiro atoms. The first-order valence-corrected chi connectivity index (χ1v) is 5.01. The Labute approximate surface area is 95.5 Å². The Morgan fingerprint density at radius 3 is 2.00 bits per heavy atom. The molecule has 0 aliphatic rings. The summed E-state index contributed by atoms with van der Waals surface area (Å²) in [6, 6.07) is 0. The molecule has 0 aliphatic heterocycles. The maximum atomic E-state index is 11.9. The molecule has 0 radical (unpaired) electrons. The predicted molar refractivity (Wildman–Crippen MR) is 62.2 cm³/mol. The van der Waals surface area contributed by atoms with Gasteiger partial charge in [-0.15, -0.1) is 0 Å². The fourth-order valence-corrected chi connectivity index (χ4v) is 1.28. The topological polar surface area (TPSA) is 55.7 Å². The molecule has 0 rings (SSSR count). The van der Waals surface area contributed by atoms with Gasteiger partial charge in [0.15, 0.2) is 0 Å². The number of hydrogen-bond acceptors (Lipinski definition) is 4. The predicted octanol–water partition coefficient (Wildman–Crippen LogP) is 2.68. The Kier molecular flexibility index (Phi) is 4.52. The number of oxime groups is 1. The summed E-state index contributed by atoms with van der Waals surface area (Å²) in [5, 5.41) is 2.60. The molecule has 0 aliphatic carbocycles. The van der Waals surface area contributed by atoms with Crippen LogP contribution >= 0.6 is 12.6 Å². The summed E-state index contributed by atoms with van der Waals surface area (Å²) in [6.45, 7) is 8.92. The van der Waals surface area contributed by atoms with E-state index in [9.17, 15) is 9.59 Å². The molecule has 0 saturated heterocycles. The maximum absolute atomic E-state index is 11.9. The number of thiol groups is 1. The monoisotopic (exact) mass is 231 g/mol. The highest BCUT2D eigenvalue weighted by Gasteiger charge is 2.34. The van der Waals surface area contributed by atoms with Crippen LogP contribution in [0.5, 0.6) is 0 Å². The number of Topliss-reactive ketones (excluding diaryl/α,β-unsaturated/α-hetero) is 1. The van der Waals surface area contributed by atoms with Crippen LogP contribution in [0.4, 0.5) is 4.79 Å². The lowest BCUT2D eigenvalue weighted by Gasteiger charge is -2.26. The second-order valence-corrected chi connectivity index (χ2v) is 5.26. The van der Waals surface area contributed by atoms with Gasteiger partial charge in [0.1, 0.15) is 5.78 Å². The molecule has 0 aromatic carbocycles. The van der Waals surface area contributed by atoms with Crippen molar-refractivity contribution in [2.24, 2.45) is 16.0 Å². The molecule has 0 N–H and O–H groups in total. The lowest BCUT2D eigenvalue weighted by molar-refractivity contribution is -0.131. The first kappa shape index (κ1) is 14.2. The van der Waals surface area contributed by atoms with Crippen molar-refractivity contribution >= 4 is 29.9 Å². The van der Waals surface area contributed by atoms with Crippen LogP contribution in [-0.2, 0) is 9.63 Å². The second kappa shape index (κ2) is 4.79. The van der Waals surface area contributed by atoms with Gasteiger partial charge in [0.2, 0.25) is 0 Å². The van der Waals surface area contributed by atoms with Crippen molar-refractivity contribution in [3.63, 3.8) is 0 Å². The standard InChI is InChI=1S/C10H17NO3S/c1-9(2,3)7(12)10(4,5)6-11-14-8(13)15/h6H,1-5H3,(H,13,15)/b11-6+. The van der Waals surface area contributed by atoms with E-state index in [4.69, 9.17) is 0 Å². The van der Waals surface area contributed by atoms with Crippen LogP contribution in [0.2, 0.25) is 0 Å². The van der Waals surface area contributed by atoms with E-state index >= 15 is 0 Å². The van der Waals surface area contributed by atoms with Crippen LogP contribution in [0.15, 0.2) is 5.16 Å². The van der Waals surface area contributed by atoms with E-state index in [1.165, 1.54) is 6.21 Å². The molecule has 0 atom stereocenters. The Balaban J connectivity index is 4.62. The van der Waals surface area contributed by atoms with E-state index in [-0.39, 0.29) is 5.78 Å². The molecule has 4 nitrogen and oxygen atoms in total. The molecule has 0 bridgehead atoms. The molecule has 0 fully saturated rings. The van der Waals surface area contributed by atoms with E-state index in [0.717, 1.165) is 0 Å². The van der Waals surface area contributed by atoms with Crippen molar-refractivity contribution in [3.8, 4) is 0 Å². The molecule has 86 valence electrons. The van der Waals surface area contributed by atoms with E-state index in [1.807, 2.05) is 20.8 Å². The van der Waals surface area contributed by atoms with Gasteiger partial charge in [0.05, 0.1) is 11.6 Å². The molecule has 5 heteroatoms. The number of rotatable bonds is 3. The highest BCUT2D eigenvalue weighted by atomic mass is 32.1. The van der Waals surface area contributed by atoms with Crippen LogP contribution in [0.25, 0.3) is 0 Å². The molecule has 0 unspecified atom stereocenters. The van der Waals surface area contributed by atoms with Gasteiger partial charge in [-0.1, -0.05) is 38.6 Å². The van der Waals surface area contributed by atoms with Crippen molar-refractivity contribution in [2.45, 2.75) is 34.6 Å². The lowest BCUT2D eigenvalue weighted by Crippen LogP contribution is -2.36. The summed E-state index contributed by atoms with van der Waals surface area (Å²) in [6.07, 6.45) is 1.31. The molecule has 0 heterocycles. The fourth-order valence-electron chi connectivity index (χ4n) is 1.23. The van der Waals surface area contributed by atoms with Gasteiger partial charge in [0, 0.05) is 5.41 Å². The zero-order valence-corrected chi connectivity index (χ0v) is 10.6. The SMILES string of the molecule is CC(C)(C)C(=O)C(C)(C)/C=N/OC(=O)S. The summed E-state index contributed by atoms with van der Waals surface area (Å²) in [5.41, 5.74) is -1.22. The van der Waals surface area contributed by atoms with Gasteiger partial charge in [0.25, 0.3) is 0 Å². The molecular formula is C10H17NO3S. The molecule has 0 amide bonds. The molecule has 0 aromatic rings. The van der Waals surface area contributed by atoms with Gasteiger partial charge in [-0.05, 0) is 13.8 Å². The summed E-state index contributed by atoms with van der Waals surface area (Å²) in [5.74, 6) is 0.0222. The number of nitrogens with zero attached hydrogens (tertiary/aromatic N) is 1. The number of carbonyl (C=O) groups excluding carboxylic acids is 2. The van der Waals surface area contributed by atoms with E-state index < -0.39 is 16.1 Å². The maximum Gasteiger partial charge on any atom is 0.390 e. The first-order valence-electron chi connectivity index (χ1n) is 4.57. The molecule has 15 heavy (non-hydrogen) atoms. The van der Waals surface area contributed by atoms with Gasteiger partial charge >= 0.3 is 5.30 Å². The largest absolute Gasteiger partial charge is 0.390 e. The van der Waals surface area contributed by atoms with Gasteiger partial charge in [-0.2, -0.15) is 0 Å². The van der Waals surface area contributed by atoms with Gasteiger partial charge in [-0.25, -0.2) is 4.79 Å². The fraction of sp³-hybridized carbons (Fsp3) is 0.700. The van der Waals surface area contributed by atoms with Crippen LogP contribution in [-0.4, -0.2) is 17.3 Å². The van der Waals surface area contributed by atoms with Crippen molar-refractivity contribution < 1.29 is 14.4 Å². The number of hydrogen-bond donors (Lipinski definition) is 1. The smallest absolute Gasteiger partial charge is 0.307 e. The van der Waals surface area contributed by atoms with Crippen LogP contribution < -0.4 is 0 Å². The average molecular weight is 231 g/mol. The zero-order valence-electron chi connectivity index (χ0n) is 9.70. The average Bonchev–Trinajstić information content (AvgIpc) is 2.00. The summed E-state index contributed by atoms with van der Waals surface area (Å²) < 4.78 is 0. The minimum absolute atomic E-state index is 0.0222. The third-order valence-electron chi connectivity index (χ3n) is 1.77. The summed E-state index contributed by atoms with van der Waals surface area (Å²) in [7, 11) is 0. The zero-order chi connectivity index (χ0) is 12.3. The molecular weight excluding hydrogens is 214 g/mol. The normalized spacial score (nSPS) is 12.9. The van der Waals surface area contributed by atoms with E-state index in [1.54, 1.807) is 13.8 Å². The van der Waals surface area contributed by atoms with Crippen molar-refractivity contribution in [2.75, 3.05) is 0 Å². The third kappa shape index (κ3) is 4.97. The Morgan fingerprint density at radius 2 is 1.67 bits per heavy atom. The lowest BCUT2D eigenvalue weighted by atomic mass is 9.75. The first-order chi connectivity index (χ1) is 6.57. The van der Waals surface area contributed by atoms with Crippen LogP contribution in [0.1, 0.15) is 34.6 Å². The quantitative estimate of drug-likeness (QED) is 0.351. The molecule has 0 saturated carbocycles. The van der Waals surface area contributed by atoms with E-state index in [2.05, 4.69) is 22.6 Å². The van der Waals surface area contributed by atoms with Crippen LogP contribution in [0, 0.1) is 10.8 Å². The highest BCUT2D eigenvalue weighted by molar-refractivity contribution is 7.96. The second-order valence-electron chi connectivity index (χ2n) is 4.89. The van der Waals surface area contributed by atoms with Crippen molar-refractivity contribution in [1.29, 1.82) is 0 Å². The van der Waals surface area contributed by atoms with Gasteiger partial charge in [-0.3, -0.25) is 4.79 Å². The van der Waals surface area contributed by atoms with Crippen molar-refractivity contribution in [3.05, 3.63) is 0 Å².